The predicted molar refractivity (Wildman–Crippen MR) is 77.3 cm³/mol. The summed E-state index contributed by atoms with van der Waals surface area (Å²) in [5.41, 5.74) is 0.926. The molecular weight excluding hydrogens is 308 g/mol. The maximum absolute atomic E-state index is 5.66. The Hall–Kier alpha value is -1.75. The molecule has 5 heteroatoms. The van der Waals surface area contributed by atoms with Crippen LogP contribution in [0, 0.1) is 0 Å². The highest BCUT2D eigenvalue weighted by molar-refractivity contribution is 9.10. The molecule has 1 aromatic carbocycles. The second-order valence-corrected chi connectivity index (χ2v) is 5.00. The Labute approximate surface area is 119 Å². The van der Waals surface area contributed by atoms with E-state index >= 15 is 0 Å². The molecule has 1 aromatic heterocycles. The molecule has 0 atom stereocenters. The van der Waals surface area contributed by atoms with Gasteiger partial charge in [0.25, 0.3) is 0 Å². The van der Waals surface area contributed by atoms with Gasteiger partial charge >= 0.3 is 0 Å². The minimum Gasteiger partial charge on any atom is -0.490 e. The zero-order chi connectivity index (χ0) is 13.1. The maximum Gasteiger partial charge on any atom is 0.163 e. The van der Waals surface area contributed by atoms with Gasteiger partial charge in [-0.1, -0.05) is 6.07 Å². The summed E-state index contributed by atoms with van der Waals surface area (Å²) in [6.45, 7) is 1.39. The number of rotatable bonds is 2. The number of ether oxygens (including phenoxy) is 2. The third-order valence-electron chi connectivity index (χ3n) is 2.74. The fourth-order valence-corrected chi connectivity index (χ4v) is 2.21. The molecule has 2 heterocycles. The Balaban J connectivity index is 1.84. The second kappa shape index (κ2) is 5.48. The Kier molecular flexibility index (Phi) is 3.55. The Morgan fingerprint density at radius 3 is 2.74 bits per heavy atom. The molecular formula is C14H13BrN2O2. The molecule has 0 aliphatic carbocycles. The van der Waals surface area contributed by atoms with Crippen molar-refractivity contribution >= 4 is 27.4 Å². The predicted octanol–water partition coefficient (Wildman–Crippen LogP) is 3.75. The number of hydrogen-bond donors (Lipinski definition) is 1. The molecule has 0 saturated heterocycles. The fourth-order valence-electron chi connectivity index (χ4n) is 1.87. The van der Waals surface area contributed by atoms with Gasteiger partial charge in [0.2, 0.25) is 0 Å². The van der Waals surface area contributed by atoms with Crippen LogP contribution in [-0.4, -0.2) is 18.2 Å². The zero-order valence-corrected chi connectivity index (χ0v) is 11.8. The van der Waals surface area contributed by atoms with Gasteiger partial charge in [0.15, 0.2) is 11.5 Å². The number of fused-ring (bicyclic) bond motifs is 1. The van der Waals surface area contributed by atoms with Crippen LogP contribution in [0.5, 0.6) is 11.5 Å². The average Bonchev–Trinajstić information content (AvgIpc) is 2.63. The average molecular weight is 321 g/mol. The summed E-state index contributed by atoms with van der Waals surface area (Å²) in [6, 6.07) is 11.5. The van der Waals surface area contributed by atoms with E-state index in [4.69, 9.17) is 9.47 Å². The van der Waals surface area contributed by atoms with Crippen molar-refractivity contribution in [3.63, 3.8) is 0 Å². The van der Waals surface area contributed by atoms with Crippen LogP contribution in [0.2, 0.25) is 0 Å². The van der Waals surface area contributed by atoms with Crippen molar-refractivity contribution in [1.29, 1.82) is 0 Å². The number of halogens is 1. The van der Waals surface area contributed by atoms with E-state index in [0.29, 0.717) is 13.2 Å². The van der Waals surface area contributed by atoms with Gasteiger partial charge in [0.1, 0.15) is 10.4 Å². The van der Waals surface area contributed by atoms with Crippen molar-refractivity contribution in [3.05, 3.63) is 41.0 Å². The third-order valence-corrected chi connectivity index (χ3v) is 3.18. The highest BCUT2D eigenvalue weighted by Crippen LogP contribution is 2.33. The second-order valence-electron chi connectivity index (χ2n) is 4.18. The van der Waals surface area contributed by atoms with Gasteiger partial charge in [-0.05, 0) is 40.2 Å². The molecule has 98 valence electrons. The van der Waals surface area contributed by atoms with E-state index < -0.39 is 0 Å². The lowest BCUT2D eigenvalue weighted by atomic mass is 10.2. The molecule has 4 nitrogen and oxygen atoms in total. The first-order chi connectivity index (χ1) is 9.31. The molecule has 0 saturated carbocycles. The molecule has 2 aromatic rings. The number of hydrogen-bond acceptors (Lipinski definition) is 4. The summed E-state index contributed by atoms with van der Waals surface area (Å²) in [4.78, 5) is 4.33. The first-order valence-corrected chi connectivity index (χ1v) is 6.90. The quantitative estimate of drug-likeness (QED) is 0.856. The monoisotopic (exact) mass is 320 g/mol. The van der Waals surface area contributed by atoms with Crippen LogP contribution in [0.25, 0.3) is 0 Å². The molecule has 0 fully saturated rings. The van der Waals surface area contributed by atoms with E-state index in [2.05, 4.69) is 26.2 Å². The molecule has 19 heavy (non-hydrogen) atoms. The summed E-state index contributed by atoms with van der Waals surface area (Å²) < 4.78 is 12.1. The summed E-state index contributed by atoms with van der Waals surface area (Å²) in [6.07, 6.45) is 0.907. The molecule has 0 spiro atoms. The van der Waals surface area contributed by atoms with Crippen LogP contribution in [0.4, 0.5) is 11.5 Å². The van der Waals surface area contributed by atoms with Gasteiger partial charge in [-0.25, -0.2) is 4.98 Å². The Morgan fingerprint density at radius 2 is 1.89 bits per heavy atom. The smallest absolute Gasteiger partial charge is 0.163 e. The largest absolute Gasteiger partial charge is 0.490 e. The van der Waals surface area contributed by atoms with E-state index in [9.17, 15) is 0 Å². The van der Waals surface area contributed by atoms with Crippen molar-refractivity contribution in [2.24, 2.45) is 0 Å². The van der Waals surface area contributed by atoms with Gasteiger partial charge in [-0.15, -0.1) is 0 Å². The van der Waals surface area contributed by atoms with Gasteiger partial charge in [0, 0.05) is 18.2 Å². The van der Waals surface area contributed by atoms with Crippen LogP contribution in [0.3, 0.4) is 0 Å². The van der Waals surface area contributed by atoms with Crippen LogP contribution >= 0.6 is 15.9 Å². The fraction of sp³-hybridized carbons (Fsp3) is 0.214. The van der Waals surface area contributed by atoms with Gasteiger partial charge in [-0.2, -0.15) is 0 Å². The van der Waals surface area contributed by atoms with Crippen LogP contribution in [-0.2, 0) is 0 Å². The van der Waals surface area contributed by atoms with E-state index in [-0.39, 0.29) is 0 Å². The Morgan fingerprint density at radius 1 is 1.05 bits per heavy atom. The number of nitrogens with one attached hydrogen (secondary N) is 1. The molecule has 0 amide bonds. The lowest BCUT2D eigenvalue weighted by Gasteiger charge is -2.10. The van der Waals surface area contributed by atoms with Crippen LogP contribution in [0.15, 0.2) is 41.0 Å². The number of benzene rings is 1. The Bertz CT molecular complexity index is 589. The van der Waals surface area contributed by atoms with E-state index in [0.717, 1.165) is 34.0 Å². The standard InChI is InChI=1S/C14H13BrN2O2/c15-13-3-1-4-14(17-13)16-10-5-6-11-12(9-10)19-8-2-7-18-11/h1,3-6,9H,2,7-8H2,(H,16,17). The lowest BCUT2D eigenvalue weighted by molar-refractivity contribution is 0.297. The number of nitrogens with zero attached hydrogens (tertiary/aromatic N) is 1. The van der Waals surface area contributed by atoms with Gasteiger partial charge in [-0.3, -0.25) is 0 Å². The molecule has 0 bridgehead atoms. The van der Waals surface area contributed by atoms with Crippen molar-refractivity contribution in [2.75, 3.05) is 18.5 Å². The highest BCUT2D eigenvalue weighted by atomic mass is 79.9. The van der Waals surface area contributed by atoms with Crippen LogP contribution < -0.4 is 14.8 Å². The topological polar surface area (TPSA) is 43.4 Å². The summed E-state index contributed by atoms with van der Waals surface area (Å²) >= 11 is 3.35. The van der Waals surface area contributed by atoms with E-state index in [1.807, 2.05) is 36.4 Å². The molecule has 3 rings (SSSR count). The number of pyridine rings is 1. The molecule has 0 radical (unpaired) electrons. The minimum atomic E-state index is 0.686. The first kappa shape index (κ1) is 12.3. The summed E-state index contributed by atoms with van der Waals surface area (Å²) in [5.74, 6) is 2.35. The van der Waals surface area contributed by atoms with Crippen molar-refractivity contribution in [2.45, 2.75) is 6.42 Å². The highest BCUT2D eigenvalue weighted by Gasteiger charge is 2.10. The molecule has 1 aliphatic heterocycles. The van der Waals surface area contributed by atoms with Crippen molar-refractivity contribution in [3.8, 4) is 11.5 Å². The van der Waals surface area contributed by atoms with Crippen LogP contribution in [0.1, 0.15) is 6.42 Å². The third kappa shape index (κ3) is 2.98. The zero-order valence-electron chi connectivity index (χ0n) is 10.2. The number of anilines is 2. The SMILES string of the molecule is Brc1cccc(Nc2ccc3c(c2)OCCCO3)n1. The van der Waals surface area contributed by atoms with Gasteiger partial charge < -0.3 is 14.8 Å². The number of aromatic nitrogens is 1. The normalized spacial score (nSPS) is 13.7. The van der Waals surface area contributed by atoms with Crippen molar-refractivity contribution in [1.82, 2.24) is 4.98 Å². The van der Waals surface area contributed by atoms with Crippen molar-refractivity contribution < 1.29 is 9.47 Å². The van der Waals surface area contributed by atoms with Gasteiger partial charge in [0.05, 0.1) is 13.2 Å². The minimum absolute atomic E-state index is 0.686. The van der Waals surface area contributed by atoms with E-state index in [1.54, 1.807) is 0 Å². The summed E-state index contributed by atoms with van der Waals surface area (Å²) in [7, 11) is 0. The summed E-state index contributed by atoms with van der Waals surface area (Å²) in [5, 5.41) is 3.24. The first-order valence-electron chi connectivity index (χ1n) is 6.10. The molecule has 1 N–H and O–H groups in total. The molecule has 1 aliphatic rings. The lowest BCUT2D eigenvalue weighted by Crippen LogP contribution is -1.97. The molecule has 0 unspecified atom stereocenters. The van der Waals surface area contributed by atoms with E-state index in [1.165, 1.54) is 0 Å². The maximum atomic E-state index is 5.66.